The van der Waals surface area contributed by atoms with Gasteiger partial charge in [-0.05, 0) is 55.6 Å². The second-order valence-electron chi connectivity index (χ2n) is 4.77. The number of nitriles is 1. The minimum Gasteiger partial charge on any atom is -0.489 e. The van der Waals surface area contributed by atoms with Crippen molar-refractivity contribution in [1.82, 2.24) is 5.32 Å². The highest BCUT2D eigenvalue weighted by molar-refractivity contribution is 5.47. The van der Waals surface area contributed by atoms with E-state index >= 15 is 0 Å². The van der Waals surface area contributed by atoms with Gasteiger partial charge in [-0.3, -0.25) is 0 Å². The molecule has 0 amide bonds. The number of nitrogens with zero attached hydrogens (tertiary/aromatic N) is 1. The van der Waals surface area contributed by atoms with E-state index in [1.807, 2.05) is 26.0 Å². The van der Waals surface area contributed by atoms with Gasteiger partial charge < -0.3 is 10.1 Å². The molecule has 1 N–H and O–H groups in total. The largest absolute Gasteiger partial charge is 0.489 e. The molecule has 0 aliphatic heterocycles. The average Bonchev–Trinajstić information content (AvgIpc) is 2.37. The van der Waals surface area contributed by atoms with Gasteiger partial charge in [0.15, 0.2) is 0 Å². The highest BCUT2D eigenvalue weighted by Crippen LogP contribution is 2.24. The van der Waals surface area contributed by atoms with E-state index in [4.69, 9.17) is 10.00 Å². The molecule has 0 saturated heterocycles. The van der Waals surface area contributed by atoms with Crippen molar-refractivity contribution in [2.75, 3.05) is 19.7 Å². The number of rotatable bonds is 7. The van der Waals surface area contributed by atoms with Crippen molar-refractivity contribution >= 4 is 0 Å². The second kappa shape index (κ2) is 7.60. The van der Waals surface area contributed by atoms with E-state index in [0.717, 1.165) is 42.0 Å². The minimum absolute atomic E-state index is 0.504. The Hall–Kier alpha value is -1.79. The topological polar surface area (TPSA) is 45.0 Å². The first-order valence-corrected chi connectivity index (χ1v) is 6.60. The van der Waals surface area contributed by atoms with Crippen LogP contribution >= 0.6 is 0 Å². The number of hydrogen-bond donors (Lipinski definition) is 1. The highest BCUT2D eigenvalue weighted by atomic mass is 16.5. The Morgan fingerprint density at radius 2 is 2.00 bits per heavy atom. The summed E-state index contributed by atoms with van der Waals surface area (Å²) in [7, 11) is 0. The first-order chi connectivity index (χ1) is 9.08. The highest BCUT2D eigenvalue weighted by Gasteiger charge is 2.07. The van der Waals surface area contributed by atoms with Crippen LogP contribution in [0.3, 0.4) is 0 Å². The van der Waals surface area contributed by atoms with Crippen molar-refractivity contribution in [1.29, 1.82) is 5.26 Å². The number of aryl methyl sites for hydroxylation is 2. The number of nitrogens with one attached hydrogen (secondary N) is 1. The van der Waals surface area contributed by atoms with E-state index in [0.29, 0.717) is 12.2 Å². The summed E-state index contributed by atoms with van der Waals surface area (Å²) in [6, 6.07) is 5.85. The van der Waals surface area contributed by atoms with Crippen molar-refractivity contribution in [2.24, 2.45) is 0 Å². The molecule has 0 aromatic heterocycles. The van der Waals surface area contributed by atoms with Gasteiger partial charge in [-0.25, -0.2) is 0 Å². The maximum Gasteiger partial charge on any atom is 0.125 e. The third kappa shape index (κ3) is 4.76. The Labute approximate surface area is 115 Å². The van der Waals surface area contributed by atoms with Gasteiger partial charge in [0.05, 0.1) is 11.6 Å². The second-order valence-corrected chi connectivity index (χ2v) is 4.77. The maximum atomic E-state index is 8.90. The van der Waals surface area contributed by atoms with Gasteiger partial charge in [0.1, 0.15) is 12.4 Å². The van der Waals surface area contributed by atoms with E-state index in [2.05, 4.69) is 24.9 Å². The molecule has 0 heterocycles. The summed E-state index contributed by atoms with van der Waals surface area (Å²) >= 11 is 0. The van der Waals surface area contributed by atoms with Crippen LogP contribution in [0.4, 0.5) is 0 Å². The Bertz CT molecular complexity index is 463. The van der Waals surface area contributed by atoms with Crippen molar-refractivity contribution in [3.63, 3.8) is 0 Å². The molecule has 1 aromatic carbocycles. The summed E-state index contributed by atoms with van der Waals surface area (Å²) in [5, 5.41) is 12.2. The summed E-state index contributed by atoms with van der Waals surface area (Å²) in [6.07, 6.45) is 1.11. The van der Waals surface area contributed by atoms with Crippen molar-refractivity contribution in [2.45, 2.75) is 27.2 Å². The van der Waals surface area contributed by atoms with Crippen LogP contribution in [-0.2, 0) is 0 Å². The van der Waals surface area contributed by atoms with Crippen LogP contribution in [0.15, 0.2) is 24.3 Å². The van der Waals surface area contributed by atoms with Crippen LogP contribution in [0.25, 0.3) is 0 Å². The summed E-state index contributed by atoms with van der Waals surface area (Å²) < 4.78 is 5.81. The van der Waals surface area contributed by atoms with Gasteiger partial charge in [-0.15, -0.1) is 0 Å². The molecule has 0 radical (unpaired) electrons. The molecule has 1 aromatic rings. The van der Waals surface area contributed by atoms with Gasteiger partial charge >= 0.3 is 0 Å². The summed E-state index contributed by atoms with van der Waals surface area (Å²) in [5.41, 5.74) is 3.68. The fraction of sp³-hybridized carbons (Fsp3) is 0.438. The fourth-order valence-corrected chi connectivity index (χ4v) is 1.91. The van der Waals surface area contributed by atoms with E-state index < -0.39 is 0 Å². The maximum absolute atomic E-state index is 8.90. The first kappa shape index (κ1) is 15.3. The SMILES string of the molecule is C=C(CNCCC)COc1c(C)cc(C#N)cc1C. The zero-order valence-electron chi connectivity index (χ0n) is 12.0. The standard InChI is InChI=1S/C16H22N2O/c1-5-6-18-10-12(2)11-19-16-13(3)7-15(9-17)8-14(16)4/h7-8,18H,2,5-6,10-11H2,1,3-4H3. The zero-order valence-corrected chi connectivity index (χ0v) is 12.0. The third-order valence-corrected chi connectivity index (χ3v) is 2.81. The zero-order chi connectivity index (χ0) is 14.3. The third-order valence-electron chi connectivity index (χ3n) is 2.81. The molecule has 0 fully saturated rings. The van der Waals surface area contributed by atoms with Gasteiger partial charge in [0, 0.05) is 6.54 Å². The lowest BCUT2D eigenvalue weighted by atomic mass is 10.1. The predicted molar refractivity (Wildman–Crippen MR) is 78.4 cm³/mol. The van der Waals surface area contributed by atoms with Crippen LogP contribution < -0.4 is 10.1 Å². The first-order valence-electron chi connectivity index (χ1n) is 6.60. The van der Waals surface area contributed by atoms with Crippen LogP contribution in [0.5, 0.6) is 5.75 Å². The predicted octanol–water partition coefficient (Wildman–Crippen LogP) is 3.11. The Morgan fingerprint density at radius 1 is 1.37 bits per heavy atom. The van der Waals surface area contributed by atoms with Crippen LogP contribution in [0.2, 0.25) is 0 Å². The average molecular weight is 258 g/mol. The van der Waals surface area contributed by atoms with E-state index in [1.54, 1.807) is 0 Å². The quantitative estimate of drug-likeness (QED) is 0.603. The van der Waals surface area contributed by atoms with E-state index in [1.165, 1.54) is 0 Å². The fourth-order valence-electron chi connectivity index (χ4n) is 1.91. The summed E-state index contributed by atoms with van der Waals surface area (Å²) in [4.78, 5) is 0. The molecule has 0 aliphatic rings. The van der Waals surface area contributed by atoms with Gasteiger partial charge in [-0.1, -0.05) is 13.5 Å². The van der Waals surface area contributed by atoms with Gasteiger partial charge in [0.2, 0.25) is 0 Å². The molecule has 0 spiro atoms. The molecular weight excluding hydrogens is 236 g/mol. The van der Waals surface area contributed by atoms with E-state index in [-0.39, 0.29) is 0 Å². The van der Waals surface area contributed by atoms with Crippen LogP contribution in [0, 0.1) is 25.2 Å². The monoisotopic (exact) mass is 258 g/mol. The van der Waals surface area contributed by atoms with Gasteiger partial charge in [-0.2, -0.15) is 5.26 Å². The Morgan fingerprint density at radius 3 is 2.53 bits per heavy atom. The van der Waals surface area contributed by atoms with Crippen molar-refractivity contribution in [3.8, 4) is 11.8 Å². The molecule has 0 atom stereocenters. The lowest BCUT2D eigenvalue weighted by Gasteiger charge is -2.14. The molecule has 0 saturated carbocycles. The molecular formula is C16H22N2O. The number of ether oxygens (including phenoxy) is 1. The van der Waals surface area contributed by atoms with Crippen LogP contribution in [-0.4, -0.2) is 19.7 Å². The lowest BCUT2D eigenvalue weighted by Crippen LogP contribution is -2.20. The van der Waals surface area contributed by atoms with E-state index in [9.17, 15) is 0 Å². The summed E-state index contributed by atoms with van der Waals surface area (Å²) in [5.74, 6) is 0.857. The van der Waals surface area contributed by atoms with Crippen LogP contribution in [0.1, 0.15) is 30.0 Å². The molecule has 0 bridgehead atoms. The Kier molecular flexibility index (Phi) is 6.11. The molecule has 3 heteroatoms. The molecule has 19 heavy (non-hydrogen) atoms. The Balaban J connectivity index is 2.59. The smallest absolute Gasteiger partial charge is 0.125 e. The molecule has 0 aliphatic carbocycles. The normalized spacial score (nSPS) is 10.0. The van der Waals surface area contributed by atoms with Crippen molar-refractivity contribution < 1.29 is 4.74 Å². The van der Waals surface area contributed by atoms with Gasteiger partial charge in [0.25, 0.3) is 0 Å². The molecule has 1 rings (SSSR count). The molecule has 102 valence electrons. The number of hydrogen-bond acceptors (Lipinski definition) is 3. The summed E-state index contributed by atoms with van der Waals surface area (Å²) in [6.45, 7) is 12.3. The van der Waals surface area contributed by atoms with Crippen molar-refractivity contribution in [3.05, 3.63) is 41.0 Å². The minimum atomic E-state index is 0.504. The molecule has 0 unspecified atom stereocenters. The number of benzene rings is 1. The lowest BCUT2D eigenvalue weighted by molar-refractivity contribution is 0.343. The molecule has 3 nitrogen and oxygen atoms in total.